The Morgan fingerprint density at radius 3 is 1.70 bits per heavy atom. The molecule has 107 heavy (non-hydrogen) atoms. The van der Waals surface area contributed by atoms with E-state index >= 15 is 0 Å². The molecule has 1 saturated heterocycles. The average Bonchev–Trinajstić information content (AvgIpc) is 0.943. The highest BCUT2D eigenvalue weighted by Crippen LogP contribution is 2.41. The van der Waals surface area contributed by atoms with Gasteiger partial charge in [0.05, 0.1) is 72.8 Å². The molecule has 20 heteroatoms. The highest BCUT2D eigenvalue weighted by Gasteiger charge is 2.38. The van der Waals surface area contributed by atoms with Gasteiger partial charge in [-0.25, -0.2) is 14.4 Å². The summed E-state index contributed by atoms with van der Waals surface area (Å²) < 4.78 is 47.9. The molecule has 10 aromatic rings. The number of esters is 5. The van der Waals surface area contributed by atoms with Crippen LogP contribution in [0.25, 0.3) is 0 Å². The van der Waals surface area contributed by atoms with Crippen molar-refractivity contribution in [1.29, 1.82) is 0 Å². The first-order valence-corrected chi connectivity index (χ1v) is 36.3. The van der Waals surface area contributed by atoms with Crippen molar-refractivity contribution in [3.63, 3.8) is 0 Å². The number of carbonyl (C=O) groups excluding carboxylic acids is 5. The molecule has 8 heterocycles. The number of hydrogen-bond acceptors (Lipinski definition) is 20. The predicted octanol–water partition coefficient (Wildman–Crippen LogP) is 17.1. The molecular formula is C87H96N6O14. The first kappa shape index (κ1) is 81.5. The van der Waals surface area contributed by atoms with E-state index in [4.69, 9.17) is 42.6 Å². The van der Waals surface area contributed by atoms with Crippen molar-refractivity contribution >= 4 is 29.8 Å². The minimum absolute atomic E-state index is 0.0516. The zero-order chi connectivity index (χ0) is 75.7. The lowest BCUT2D eigenvalue weighted by molar-refractivity contribution is -0.154. The lowest BCUT2D eigenvalue weighted by Gasteiger charge is -2.37. The van der Waals surface area contributed by atoms with Crippen LogP contribution in [-0.2, 0) is 98.0 Å². The van der Waals surface area contributed by atoms with Gasteiger partial charge in [-0.2, -0.15) is 0 Å². The molecule has 0 amide bonds. The second kappa shape index (κ2) is 44.6. The van der Waals surface area contributed by atoms with Gasteiger partial charge in [-0.3, -0.25) is 39.5 Å². The van der Waals surface area contributed by atoms with Crippen LogP contribution in [0.5, 0.6) is 5.75 Å². The van der Waals surface area contributed by atoms with Gasteiger partial charge in [-0.05, 0) is 235 Å². The van der Waals surface area contributed by atoms with Gasteiger partial charge in [0.15, 0.2) is 0 Å². The molecule has 4 aliphatic rings. The number of nitrogens with zero attached hydrogens (tertiary/aromatic N) is 6. The molecule has 558 valence electrons. The van der Waals surface area contributed by atoms with E-state index in [9.17, 15) is 24.0 Å². The summed E-state index contributed by atoms with van der Waals surface area (Å²) in [6, 6.07) is 60.1. The van der Waals surface area contributed by atoms with Crippen LogP contribution in [-0.4, -0.2) is 86.7 Å². The summed E-state index contributed by atoms with van der Waals surface area (Å²) in [7, 11) is 1.60. The Bertz CT molecular complexity index is 4230. The Hall–Kier alpha value is -11.2. The van der Waals surface area contributed by atoms with Crippen molar-refractivity contribution in [2.24, 2.45) is 0 Å². The number of pyridine rings is 6. The fourth-order valence-corrected chi connectivity index (χ4v) is 11.7. The smallest absolute Gasteiger partial charge is 0.339 e. The number of fused-ring (bicyclic) bond motifs is 2. The number of hydrogen-bond donors (Lipinski definition) is 0. The quantitative estimate of drug-likeness (QED) is 0.0539. The predicted molar refractivity (Wildman–Crippen MR) is 405 cm³/mol. The number of methoxy groups -OCH3 is 1. The molecule has 2 aliphatic heterocycles. The third-order valence-electron chi connectivity index (χ3n) is 17.3. The third kappa shape index (κ3) is 27.3. The minimum atomic E-state index is -0.742. The molecule has 2 aliphatic carbocycles. The number of aryl methyl sites for hydroxylation is 1. The van der Waals surface area contributed by atoms with Crippen molar-refractivity contribution in [2.45, 2.75) is 155 Å². The van der Waals surface area contributed by atoms with E-state index < -0.39 is 11.2 Å². The van der Waals surface area contributed by atoms with Crippen molar-refractivity contribution in [1.82, 2.24) is 29.9 Å². The van der Waals surface area contributed by atoms with E-state index in [1.54, 1.807) is 105 Å². The fraction of sp³-hybridized carbons (Fsp3) is 0.322. The summed E-state index contributed by atoms with van der Waals surface area (Å²) in [5, 5.41) is 0. The highest BCUT2D eigenvalue weighted by atomic mass is 16.6. The van der Waals surface area contributed by atoms with Crippen LogP contribution < -0.4 is 4.74 Å². The van der Waals surface area contributed by atoms with Gasteiger partial charge in [0.1, 0.15) is 35.8 Å². The first-order chi connectivity index (χ1) is 52.2. The van der Waals surface area contributed by atoms with E-state index in [2.05, 4.69) is 36.0 Å². The Morgan fingerprint density at radius 1 is 0.514 bits per heavy atom. The van der Waals surface area contributed by atoms with Crippen LogP contribution in [0.4, 0.5) is 0 Å². The molecule has 0 radical (unpaired) electrons. The molecular weight excluding hydrogens is 1350 g/mol. The summed E-state index contributed by atoms with van der Waals surface area (Å²) in [6.07, 6.45) is 23.5. The van der Waals surface area contributed by atoms with Gasteiger partial charge >= 0.3 is 29.8 Å². The van der Waals surface area contributed by atoms with Crippen molar-refractivity contribution in [3.05, 3.63) is 317 Å². The lowest BCUT2D eigenvalue weighted by atomic mass is 9.79. The molecule has 6 aromatic heterocycles. The normalized spacial score (nSPS) is 14.9. The maximum Gasteiger partial charge on any atom is 0.339 e. The minimum Gasteiger partial charge on any atom is -0.497 e. The standard InChI is InChI=1S/C18H19NO2.C17H16O3.C15H15NO2.C11H17NO2.C10H11NO2.C8H7NO2.C8H11NO/c20-17(15-7-3-1-4-8-15)21-18(11-5-2-6-12-18)16-9-13-19-14-10-16;1-19-14-9-6-13(7-10-14)17(18)20-16-11-8-12-4-2-3-5-15(12)16;1-15(2,13-10-6-7-11-16-13)18-14(17)12-8-4-3-5-9-12;1-3-13-8-10-6-5-7-11(12-10)9-14-4-2;12-10-3-1-2-9(13-10)8-4-6-11-7-5-8;10-8-4-6-2-1-3-9-7(6)5-11-8;1-2-10-7-8-3-5-9-6-4-8/h1,3-4,7-10,13-14H,2,5-6,11-12H2;2-7,9-10,16H,8,11H2,1H3;3-11H,1-2H3;5-7H,3-4,8-9H2,1-2H3;4-7,9H,1-3H2;1-3H,4-5H2;3-6H,2,7H2,1H3. The molecule has 0 spiro atoms. The van der Waals surface area contributed by atoms with Gasteiger partial charge < -0.3 is 42.6 Å². The molecule has 2 atom stereocenters. The molecule has 0 bridgehead atoms. The Labute approximate surface area is 627 Å². The van der Waals surface area contributed by atoms with Gasteiger partial charge in [0.2, 0.25) is 0 Å². The number of carbonyl (C=O) groups is 5. The van der Waals surface area contributed by atoms with Gasteiger partial charge in [-0.15, -0.1) is 0 Å². The summed E-state index contributed by atoms with van der Waals surface area (Å²) in [4.78, 5) is 82.9. The number of aromatic nitrogens is 6. The molecule has 1 saturated carbocycles. The Morgan fingerprint density at radius 2 is 1.08 bits per heavy atom. The first-order valence-electron chi connectivity index (χ1n) is 36.3. The van der Waals surface area contributed by atoms with Gasteiger partial charge in [0, 0.05) is 75.8 Å². The molecule has 14 rings (SSSR count). The maximum absolute atomic E-state index is 12.5. The molecule has 20 nitrogen and oxygen atoms in total. The fourth-order valence-electron chi connectivity index (χ4n) is 11.7. The number of cyclic esters (lactones) is 2. The maximum atomic E-state index is 12.5. The number of benzene rings is 4. The van der Waals surface area contributed by atoms with E-state index in [0.29, 0.717) is 56.0 Å². The van der Waals surface area contributed by atoms with Crippen LogP contribution in [0.2, 0.25) is 0 Å². The van der Waals surface area contributed by atoms with Crippen LogP contribution in [0.3, 0.4) is 0 Å². The lowest BCUT2D eigenvalue weighted by Crippen LogP contribution is -2.34. The van der Waals surface area contributed by atoms with E-state index in [0.717, 1.165) is 122 Å². The van der Waals surface area contributed by atoms with Crippen molar-refractivity contribution in [3.8, 4) is 5.75 Å². The topological polar surface area (TPSA) is 246 Å². The van der Waals surface area contributed by atoms with Crippen LogP contribution in [0, 0.1) is 0 Å². The zero-order valence-corrected chi connectivity index (χ0v) is 61.9. The summed E-state index contributed by atoms with van der Waals surface area (Å²) >= 11 is 0. The van der Waals surface area contributed by atoms with Gasteiger partial charge in [-0.1, -0.05) is 85.3 Å². The highest BCUT2D eigenvalue weighted by molar-refractivity contribution is 5.91. The largest absolute Gasteiger partial charge is 0.497 e. The van der Waals surface area contributed by atoms with Crippen LogP contribution in [0.1, 0.15) is 192 Å². The average molecular weight is 1450 g/mol. The second-order valence-electron chi connectivity index (χ2n) is 25.4. The molecule has 0 N–H and O–H groups in total. The molecule has 2 unspecified atom stereocenters. The van der Waals surface area contributed by atoms with E-state index in [1.165, 1.54) is 17.5 Å². The third-order valence-corrected chi connectivity index (χ3v) is 17.3. The number of ether oxygens (including phenoxy) is 9. The molecule has 2 fully saturated rings. The summed E-state index contributed by atoms with van der Waals surface area (Å²) in [5.74, 6) is -0.388. The van der Waals surface area contributed by atoms with Gasteiger partial charge in [0.25, 0.3) is 0 Å². The molecule has 4 aromatic carbocycles. The Kier molecular flexibility index (Phi) is 33.9. The second-order valence-corrected chi connectivity index (χ2v) is 25.4. The van der Waals surface area contributed by atoms with E-state index in [-0.39, 0.29) is 42.1 Å². The SMILES string of the molecule is CC(C)(OC(=O)c1ccccc1)c1ccccn1.CCOCc1cccc(COCC)n1.CCOCc1ccncc1.COc1ccc(C(=O)OC2CCc3ccccc32)cc1.O=C(OC1(c2ccncc2)CCCCC1)c1ccccc1.O=C1CCCC(c2ccncc2)O1.O=C1Cc2cccnc2CO1. The Balaban J connectivity index is 0.000000160. The van der Waals surface area contributed by atoms with Crippen molar-refractivity contribution in [2.75, 3.05) is 26.9 Å². The zero-order valence-electron chi connectivity index (χ0n) is 61.9. The summed E-state index contributed by atoms with van der Waals surface area (Å²) in [6.45, 7) is 14.0. The monoisotopic (exact) mass is 1450 g/mol. The van der Waals surface area contributed by atoms with Crippen molar-refractivity contribution < 1.29 is 66.6 Å². The van der Waals surface area contributed by atoms with Crippen LogP contribution >= 0.6 is 0 Å². The van der Waals surface area contributed by atoms with E-state index in [1.807, 2.05) is 174 Å². The summed E-state index contributed by atoms with van der Waals surface area (Å²) in [5.41, 5.74) is 10.7. The van der Waals surface area contributed by atoms with Crippen LogP contribution in [0.15, 0.2) is 244 Å². The number of rotatable bonds is 19.